The second kappa shape index (κ2) is 7.26. The maximum atomic E-state index is 13.0. The quantitative estimate of drug-likeness (QED) is 0.847. The third kappa shape index (κ3) is 3.56. The van der Waals surface area contributed by atoms with Crippen molar-refractivity contribution in [3.05, 3.63) is 0 Å². The smallest absolute Gasteiger partial charge is 0.157 e. The Labute approximate surface area is 124 Å². The van der Waals surface area contributed by atoms with Gasteiger partial charge in [0.15, 0.2) is 9.84 Å². The van der Waals surface area contributed by atoms with Gasteiger partial charge in [0.05, 0.1) is 10.5 Å². The monoisotopic (exact) mass is 301 g/mol. The molecular weight excluding hydrogens is 270 g/mol. The standard InChI is InChI=1S/C16H31NO2S/c1-3-7-13-10-11-15(17-2)16(12-13)20(18,19)14-8-5-4-6-9-14/h13-17H,3-12H2,1-2H3. The Kier molecular flexibility index (Phi) is 5.91. The van der Waals surface area contributed by atoms with E-state index in [4.69, 9.17) is 0 Å². The molecule has 2 aliphatic rings. The largest absolute Gasteiger partial charge is 0.316 e. The molecule has 2 fully saturated rings. The SMILES string of the molecule is CCCC1CCC(NC)C(S(=O)(=O)C2CCCCC2)C1. The summed E-state index contributed by atoms with van der Waals surface area (Å²) in [4.78, 5) is 0. The zero-order valence-corrected chi connectivity index (χ0v) is 13.9. The first-order valence-electron chi connectivity index (χ1n) is 8.49. The molecular formula is C16H31NO2S. The maximum absolute atomic E-state index is 13.0. The minimum Gasteiger partial charge on any atom is -0.316 e. The number of sulfone groups is 1. The Balaban J connectivity index is 2.12. The Morgan fingerprint density at radius 3 is 2.35 bits per heavy atom. The molecule has 20 heavy (non-hydrogen) atoms. The van der Waals surface area contributed by atoms with E-state index in [1.54, 1.807) is 0 Å². The number of rotatable bonds is 5. The fraction of sp³-hybridized carbons (Fsp3) is 1.00. The van der Waals surface area contributed by atoms with Gasteiger partial charge in [0.1, 0.15) is 0 Å². The fourth-order valence-electron chi connectivity index (χ4n) is 4.22. The van der Waals surface area contributed by atoms with Gasteiger partial charge in [-0.25, -0.2) is 8.42 Å². The summed E-state index contributed by atoms with van der Waals surface area (Å²) in [5.41, 5.74) is 0. The first kappa shape index (κ1) is 16.3. The van der Waals surface area contributed by atoms with Crippen LogP contribution in [0.2, 0.25) is 0 Å². The average molecular weight is 301 g/mol. The second-order valence-corrected chi connectivity index (χ2v) is 9.20. The van der Waals surface area contributed by atoms with E-state index in [1.165, 1.54) is 25.7 Å². The van der Waals surface area contributed by atoms with Crippen LogP contribution >= 0.6 is 0 Å². The molecule has 3 unspecified atom stereocenters. The van der Waals surface area contributed by atoms with Crippen LogP contribution < -0.4 is 5.32 Å². The van der Waals surface area contributed by atoms with Crippen LogP contribution in [0.15, 0.2) is 0 Å². The molecule has 0 aromatic heterocycles. The Hall–Kier alpha value is -0.0900. The predicted molar refractivity (Wildman–Crippen MR) is 84.7 cm³/mol. The minimum absolute atomic E-state index is 0.0579. The summed E-state index contributed by atoms with van der Waals surface area (Å²) in [6, 6.07) is 0.176. The van der Waals surface area contributed by atoms with Gasteiger partial charge in [-0.15, -0.1) is 0 Å². The second-order valence-electron chi connectivity index (χ2n) is 6.75. The molecule has 3 nitrogen and oxygen atoms in total. The molecule has 0 aromatic carbocycles. The van der Waals surface area contributed by atoms with Gasteiger partial charge in [0.25, 0.3) is 0 Å². The fourth-order valence-corrected chi connectivity index (χ4v) is 6.97. The van der Waals surface area contributed by atoms with Crippen molar-refractivity contribution in [2.24, 2.45) is 5.92 Å². The van der Waals surface area contributed by atoms with Crippen LogP contribution in [0.5, 0.6) is 0 Å². The number of hydrogen-bond acceptors (Lipinski definition) is 3. The zero-order valence-electron chi connectivity index (χ0n) is 13.1. The minimum atomic E-state index is -2.96. The first-order valence-corrected chi connectivity index (χ1v) is 10.1. The van der Waals surface area contributed by atoms with Crippen molar-refractivity contribution in [1.82, 2.24) is 5.32 Å². The Morgan fingerprint density at radius 2 is 1.75 bits per heavy atom. The summed E-state index contributed by atoms with van der Waals surface area (Å²) in [7, 11) is -1.04. The lowest BCUT2D eigenvalue weighted by Crippen LogP contribution is -2.50. The topological polar surface area (TPSA) is 46.2 Å². The van der Waals surface area contributed by atoms with E-state index in [0.717, 1.165) is 38.5 Å². The van der Waals surface area contributed by atoms with Gasteiger partial charge in [0.2, 0.25) is 0 Å². The van der Waals surface area contributed by atoms with Crippen molar-refractivity contribution in [3.8, 4) is 0 Å². The molecule has 118 valence electrons. The predicted octanol–water partition coefficient (Wildman–Crippen LogP) is 3.29. The molecule has 1 N–H and O–H groups in total. The highest BCUT2D eigenvalue weighted by molar-refractivity contribution is 7.92. The molecule has 4 heteroatoms. The lowest BCUT2D eigenvalue weighted by atomic mass is 9.83. The molecule has 2 rings (SSSR count). The molecule has 0 spiro atoms. The molecule has 3 atom stereocenters. The van der Waals surface area contributed by atoms with Gasteiger partial charge >= 0.3 is 0 Å². The summed E-state index contributed by atoms with van der Waals surface area (Å²) >= 11 is 0. The lowest BCUT2D eigenvalue weighted by Gasteiger charge is -2.38. The van der Waals surface area contributed by atoms with Gasteiger partial charge in [-0.2, -0.15) is 0 Å². The van der Waals surface area contributed by atoms with Crippen LogP contribution in [0.3, 0.4) is 0 Å². The van der Waals surface area contributed by atoms with E-state index < -0.39 is 9.84 Å². The van der Waals surface area contributed by atoms with Crippen LogP contribution in [0.25, 0.3) is 0 Å². The molecule has 0 heterocycles. The van der Waals surface area contributed by atoms with Gasteiger partial charge < -0.3 is 5.32 Å². The third-order valence-corrected chi connectivity index (χ3v) is 8.17. The zero-order chi connectivity index (χ0) is 14.6. The van der Waals surface area contributed by atoms with Crippen molar-refractivity contribution in [2.45, 2.75) is 87.7 Å². The molecule has 0 saturated heterocycles. The maximum Gasteiger partial charge on any atom is 0.157 e. The van der Waals surface area contributed by atoms with Crippen molar-refractivity contribution in [1.29, 1.82) is 0 Å². The van der Waals surface area contributed by atoms with Crippen LogP contribution in [0.4, 0.5) is 0 Å². The highest BCUT2D eigenvalue weighted by Crippen LogP contribution is 2.36. The number of hydrogen-bond donors (Lipinski definition) is 1. The molecule has 0 aliphatic heterocycles. The molecule has 0 bridgehead atoms. The van der Waals surface area contributed by atoms with Crippen LogP contribution in [0.1, 0.15) is 71.1 Å². The Morgan fingerprint density at radius 1 is 1.05 bits per heavy atom. The summed E-state index contributed by atoms with van der Waals surface area (Å²) in [6.45, 7) is 2.20. The number of nitrogens with one attached hydrogen (secondary N) is 1. The molecule has 2 aliphatic carbocycles. The molecule has 0 aromatic rings. The van der Waals surface area contributed by atoms with E-state index >= 15 is 0 Å². The van der Waals surface area contributed by atoms with Crippen LogP contribution in [0, 0.1) is 5.92 Å². The normalized spacial score (nSPS) is 33.2. The average Bonchev–Trinajstić information content (AvgIpc) is 2.48. The van der Waals surface area contributed by atoms with Gasteiger partial charge in [-0.3, -0.25) is 0 Å². The van der Waals surface area contributed by atoms with E-state index in [-0.39, 0.29) is 16.5 Å². The van der Waals surface area contributed by atoms with Gasteiger partial charge in [-0.05, 0) is 45.1 Å². The Bertz CT molecular complexity index is 387. The summed E-state index contributed by atoms with van der Waals surface area (Å²) in [5.74, 6) is 0.618. The molecule has 0 amide bonds. The van der Waals surface area contributed by atoms with Gasteiger partial charge in [-0.1, -0.05) is 39.0 Å². The van der Waals surface area contributed by atoms with E-state index in [2.05, 4.69) is 12.2 Å². The highest BCUT2D eigenvalue weighted by Gasteiger charge is 2.42. The van der Waals surface area contributed by atoms with Crippen molar-refractivity contribution in [3.63, 3.8) is 0 Å². The van der Waals surface area contributed by atoms with Crippen LogP contribution in [-0.4, -0.2) is 32.0 Å². The van der Waals surface area contributed by atoms with E-state index in [1.807, 2.05) is 7.05 Å². The van der Waals surface area contributed by atoms with Gasteiger partial charge in [0, 0.05) is 6.04 Å². The third-order valence-electron chi connectivity index (χ3n) is 5.41. The van der Waals surface area contributed by atoms with Crippen molar-refractivity contribution in [2.75, 3.05) is 7.05 Å². The highest BCUT2D eigenvalue weighted by atomic mass is 32.2. The first-order chi connectivity index (χ1) is 9.59. The van der Waals surface area contributed by atoms with Crippen molar-refractivity contribution >= 4 is 9.84 Å². The molecule has 2 saturated carbocycles. The molecule has 0 radical (unpaired) electrons. The summed E-state index contributed by atoms with van der Waals surface area (Å²) in [6.07, 6.45) is 10.7. The summed E-state index contributed by atoms with van der Waals surface area (Å²) < 4.78 is 26.0. The van der Waals surface area contributed by atoms with E-state index in [0.29, 0.717) is 5.92 Å². The van der Waals surface area contributed by atoms with Crippen LogP contribution in [-0.2, 0) is 9.84 Å². The lowest BCUT2D eigenvalue weighted by molar-refractivity contribution is 0.286. The summed E-state index contributed by atoms with van der Waals surface area (Å²) in [5, 5.41) is 3.09. The van der Waals surface area contributed by atoms with E-state index in [9.17, 15) is 8.42 Å². The van der Waals surface area contributed by atoms with Crippen molar-refractivity contribution < 1.29 is 8.42 Å².